The van der Waals surface area contributed by atoms with Crippen LogP contribution in [0.3, 0.4) is 0 Å². The fourth-order valence-corrected chi connectivity index (χ4v) is 4.94. The number of aromatic nitrogens is 2. The summed E-state index contributed by atoms with van der Waals surface area (Å²) in [6.07, 6.45) is 4.37. The topological polar surface area (TPSA) is 77.1 Å². The van der Waals surface area contributed by atoms with Crippen LogP contribution in [-0.4, -0.2) is 29.7 Å². The molecule has 1 aliphatic heterocycles. The quantitative estimate of drug-likeness (QED) is 0.758. The second-order valence-corrected chi connectivity index (χ2v) is 8.90. The largest absolute Gasteiger partial charge is 0.459 e. The summed E-state index contributed by atoms with van der Waals surface area (Å²) < 4.78 is 30.9. The molecule has 0 aliphatic carbocycles. The standard InChI is InChI=1S/C18H21N3O3S/c1-13(18-8-15-4-2-3-5-17(15)24-18)19-9-14-10-20-21(11-14)16-6-7-25(22,23)12-16/h2-5,8,10-11,13,16,19H,6-7,9,12H2,1H3/t13-,16+/m1/s1. The van der Waals surface area contributed by atoms with E-state index in [0.29, 0.717) is 13.0 Å². The molecule has 1 aliphatic rings. The van der Waals surface area contributed by atoms with Crippen molar-refractivity contribution in [1.29, 1.82) is 0 Å². The van der Waals surface area contributed by atoms with Gasteiger partial charge in [0.25, 0.3) is 0 Å². The van der Waals surface area contributed by atoms with Crippen molar-refractivity contribution < 1.29 is 12.8 Å². The first-order valence-corrected chi connectivity index (χ1v) is 10.3. The van der Waals surface area contributed by atoms with Crippen molar-refractivity contribution in [3.05, 3.63) is 54.0 Å². The Morgan fingerprint density at radius 2 is 2.24 bits per heavy atom. The van der Waals surface area contributed by atoms with E-state index in [0.717, 1.165) is 22.3 Å². The molecule has 1 N–H and O–H groups in total. The highest BCUT2D eigenvalue weighted by Crippen LogP contribution is 2.25. The zero-order valence-corrected chi connectivity index (χ0v) is 14.9. The van der Waals surface area contributed by atoms with Gasteiger partial charge in [-0.25, -0.2) is 8.42 Å². The van der Waals surface area contributed by atoms with E-state index in [1.54, 1.807) is 10.9 Å². The number of furan rings is 1. The first-order chi connectivity index (χ1) is 12.0. The second-order valence-electron chi connectivity index (χ2n) is 6.67. The van der Waals surface area contributed by atoms with E-state index >= 15 is 0 Å². The summed E-state index contributed by atoms with van der Waals surface area (Å²) in [5.74, 6) is 1.35. The lowest BCUT2D eigenvalue weighted by molar-refractivity contribution is 0.450. The minimum absolute atomic E-state index is 0.0356. The molecule has 0 amide bonds. The summed E-state index contributed by atoms with van der Waals surface area (Å²) in [5, 5.41) is 8.87. The van der Waals surface area contributed by atoms with Crippen molar-refractivity contribution in [3.63, 3.8) is 0 Å². The summed E-state index contributed by atoms with van der Waals surface area (Å²) in [4.78, 5) is 0. The van der Waals surface area contributed by atoms with Crippen molar-refractivity contribution in [2.24, 2.45) is 0 Å². The van der Waals surface area contributed by atoms with Gasteiger partial charge in [0, 0.05) is 23.7 Å². The van der Waals surface area contributed by atoms with Gasteiger partial charge in [-0.05, 0) is 25.5 Å². The Morgan fingerprint density at radius 3 is 3.00 bits per heavy atom. The van der Waals surface area contributed by atoms with Gasteiger partial charge in [-0.1, -0.05) is 18.2 Å². The molecule has 0 radical (unpaired) electrons. The van der Waals surface area contributed by atoms with Gasteiger partial charge in [0.05, 0.1) is 29.8 Å². The average Bonchev–Trinajstić information content (AvgIpc) is 3.29. The third kappa shape index (κ3) is 3.48. The number of para-hydroxylation sites is 1. The molecule has 1 aromatic carbocycles. The summed E-state index contributed by atoms with van der Waals surface area (Å²) in [7, 11) is -2.90. The maximum atomic E-state index is 11.6. The maximum Gasteiger partial charge on any atom is 0.152 e. The molecule has 4 rings (SSSR count). The molecule has 3 heterocycles. The molecule has 2 aromatic heterocycles. The minimum atomic E-state index is -2.90. The highest BCUT2D eigenvalue weighted by atomic mass is 32.2. The van der Waals surface area contributed by atoms with E-state index in [1.807, 2.05) is 30.5 Å². The van der Waals surface area contributed by atoms with Crippen molar-refractivity contribution in [3.8, 4) is 0 Å². The van der Waals surface area contributed by atoms with E-state index in [-0.39, 0.29) is 23.6 Å². The van der Waals surface area contributed by atoms with Crippen LogP contribution in [0.1, 0.15) is 36.8 Å². The number of rotatable bonds is 5. The van der Waals surface area contributed by atoms with Crippen LogP contribution in [-0.2, 0) is 16.4 Å². The zero-order chi connectivity index (χ0) is 17.4. The number of fused-ring (bicyclic) bond motifs is 1. The molecule has 132 valence electrons. The Labute approximate surface area is 146 Å². The summed E-state index contributed by atoms with van der Waals surface area (Å²) in [6.45, 7) is 2.71. The molecule has 0 unspecified atom stereocenters. The monoisotopic (exact) mass is 359 g/mol. The lowest BCUT2D eigenvalue weighted by atomic mass is 10.2. The molecule has 7 heteroatoms. The number of nitrogens with one attached hydrogen (secondary N) is 1. The number of hydrogen-bond acceptors (Lipinski definition) is 5. The molecular formula is C18H21N3O3S. The third-order valence-corrected chi connectivity index (χ3v) is 6.47. The van der Waals surface area contributed by atoms with Gasteiger partial charge in [0.1, 0.15) is 11.3 Å². The van der Waals surface area contributed by atoms with Crippen LogP contribution in [0.2, 0.25) is 0 Å². The van der Waals surface area contributed by atoms with Crippen LogP contribution < -0.4 is 5.32 Å². The molecule has 3 aromatic rings. The first-order valence-electron chi connectivity index (χ1n) is 8.45. The Morgan fingerprint density at radius 1 is 1.40 bits per heavy atom. The molecule has 2 atom stereocenters. The third-order valence-electron chi connectivity index (χ3n) is 4.72. The molecular weight excluding hydrogens is 338 g/mol. The lowest BCUT2D eigenvalue weighted by Gasteiger charge is -2.10. The highest BCUT2D eigenvalue weighted by Gasteiger charge is 2.29. The minimum Gasteiger partial charge on any atom is -0.459 e. The highest BCUT2D eigenvalue weighted by molar-refractivity contribution is 7.91. The molecule has 0 bridgehead atoms. The van der Waals surface area contributed by atoms with Crippen molar-refractivity contribution in [2.45, 2.75) is 32.0 Å². The van der Waals surface area contributed by atoms with Gasteiger partial charge < -0.3 is 9.73 Å². The van der Waals surface area contributed by atoms with E-state index < -0.39 is 9.84 Å². The molecule has 0 spiro atoms. The summed E-state index contributed by atoms with van der Waals surface area (Å²) >= 11 is 0. The zero-order valence-electron chi connectivity index (χ0n) is 14.1. The molecule has 6 nitrogen and oxygen atoms in total. The Bertz CT molecular complexity index is 957. The molecule has 25 heavy (non-hydrogen) atoms. The van der Waals surface area contributed by atoms with Crippen molar-refractivity contribution in [2.75, 3.05) is 11.5 Å². The van der Waals surface area contributed by atoms with Gasteiger partial charge >= 0.3 is 0 Å². The maximum absolute atomic E-state index is 11.6. The van der Waals surface area contributed by atoms with E-state index in [4.69, 9.17) is 4.42 Å². The van der Waals surface area contributed by atoms with Crippen LogP contribution in [0.5, 0.6) is 0 Å². The number of sulfone groups is 1. The van der Waals surface area contributed by atoms with Gasteiger partial charge in [-0.2, -0.15) is 5.10 Å². The number of benzene rings is 1. The van der Waals surface area contributed by atoms with E-state index in [9.17, 15) is 8.42 Å². The van der Waals surface area contributed by atoms with E-state index in [1.165, 1.54) is 0 Å². The smallest absolute Gasteiger partial charge is 0.152 e. The van der Waals surface area contributed by atoms with Crippen LogP contribution in [0.25, 0.3) is 11.0 Å². The Kier molecular flexibility index (Phi) is 4.13. The van der Waals surface area contributed by atoms with Crippen LogP contribution in [0.15, 0.2) is 47.1 Å². The predicted octanol–water partition coefficient (Wildman–Crippen LogP) is 2.84. The molecule has 1 saturated heterocycles. The Hall–Kier alpha value is -2.12. The fraction of sp³-hybridized carbons (Fsp3) is 0.389. The average molecular weight is 359 g/mol. The molecule has 1 fully saturated rings. The van der Waals surface area contributed by atoms with Crippen molar-refractivity contribution in [1.82, 2.24) is 15.1 Å². The van der Waals surface area contributed by atoms with Crippen molar-refractivity contribution >= 4 is 20.8 Å². The molecule has 0 saturated carbocycles. The first kappa shape index (κ1) is 16.4. The van der Waals surface area contributed by atoms with Crippen LogP contribution in [0.4, 0.5) is 0 Å². The number of hydrogen-bond donors (Lipinski definition) is 1. The van der Waals surface area contributed by atoms with Crippen LogP contribution in [0, 0.1) is 0 Å². The summed E-state index contributed by atoms with van der Waals surface area (Å²) in [5.41, 5.74) is 1.92. The fourth-order valence-electron chi connectivity index (χ4n) is 3.24. The van der Waals surface area contributed by atoms with Gasteiger partial charge in [0.15, 0.2) is 9.84 Å². The summed E-state index contributed by atoms with van der Waals surface area (Å²) in [6, 6.07) is 10.1. The number of nitrogens with zero attached hydrogens (tertiary/aromatic N) is 2. The SMILES string of the molecule is C[C@@H](NCc1cnn([C@H]2CCS(=O)(=O)C2)c1)c1cc2ccccc2o1. The van der Waals surface area contributed by atoms with Crippen LogP contribution >= 0.6 is 0 Å². The van der Waals surface area contributed by atoms with Gasteiger partial charge in [-0.3, -0.25) is 4.68 Å². The lowest BCUT2D eigenvalue weighted by Crippen LogP contribution is -2.17. The van der Waals surface area contributed by atoms with Gasteiger partial charge in [0.2, 0.25) is 0 Å². The van der Waals surface area contributed by atoms with Gasteiger partial charge in [-0.15, -0.1) is 0 Å². The second kappa shape index (κ2) is 6.31. The normalized spacial score (nSPS) is 20.9. The predicted molar refractivity (Wildman–Crippen MR) is 96.0 cm³/mol. The van der Waals surface area contributed by atoms with E-state index in [2.05, 4.69) is 23.4 Å². The Balaban J connectivity index is 1.40.